The van der Waals surface area contributed by atoms with E-state index < -0.39 is 4.92 Å². The highest BCUT2D eigenvalue weighted by Gasteiger charge is 2.32. The Bertz CT molecular complexity index is 1260. The maximum absolute atomic E-state index is 11.0. The summed E-state index contributed by atoms with van der Waals surface area (Å²) in [6.45, 7) is 0. The van der Waals surface area contributed by atoms with E-state index in [1.54, 1.807) is 12.1 Å². The fourth-order valence-electron chi connectivity index (χ4n) is 3.55. The van der Waals surface area contributed by atoms with Crippen molar-refractivity contribution in [2.24, 2.45) is 5.10 Å². The maximum Gasteiger partial charge on any atom is 0.277 e. The number of hydrogen-bond donors (Lipinski definition) is 1. The van der Waals surface area contributed by atoms with E-state index in [9.17, 15) is 10.1 Å². The number of amidine groups is 1. The molecule has 0 aliphatic carbocycles. The van der Waals surface area contributed by atoms with Crippen LogP contribution in [-0.2, 0) is 0 Å². The Morgan fingerprint density at radius 3 is 2.23 bits per heavy atom. The number of quaternary nitrogens is 1. The third-order valence-electron chi connectivity index (χ3n) is 5.03. The molecule has 1 heterocycles. The van der Waals surface area contributed by atoms with Gasteiger partial charge in [0.05, 0.1) is 16.2 Å². The van der Waals surface area contributed by atoms with Crippen molar-refractivity contribution < 1.29 is 22.8 Å². The van der Waals surface area contributed by atoms with Gasteiger partial charge < -0.3 is 12.4 Å². The molecule has 0 saturated carbocycles. The van der Waals surface area contributed by atoms with Gasteiger partial charge in [-0.2, -0.15) is 5.43 Å². The van der Waals surface area contributed by atoms with Crippen LogP contribution in [0.4, 0.5) is 17.1 Å². The topological polar surface area (TPSA) is 78.6 Å². The summed E-state index contributed by atoms with van der Waals surface area (Å²) in [5.41, 5.74) is 4.72. The molecule has 4 aromatic carbocycles. The molecule has 0 fully saturated rings. The first-order valence-electron chi connectivity index (χ1n) is 9.51. The number of fused-ring (bicyclic) bond motifs is 1. The number of hydrogen-bond acceptors (Lipinski definition) is 5. The number of halogens is 1. The van der Waals surface area contributed by atoms with Crippen molar-refractivity contribution in [1.82, 2.24) is 0 Å². The molecule has 0 atom stereocenters. The summed E-state index contributed by atoms with van der Waals surface area (Å²) in [6, 6.07) is 30.7. The van der Waals surface area contributed by atoms with Gasteiger partial charge in [-0.05, 0) is 35.7 Å². The van der Waals surface area contributed by atoms with Gasteiger partial charge in [0.25, 0.3) is 11.5 Å². The van der Waals surface area contributed by atoms with Crippen LogP contribution in [-0.4, -0.2) is 10.8 Å². The Labute approximate surface area is 184 Å². The number of nitro benzene ring substituents is 1. The minimum Gasteiger partial charge on any atom is -1.00 e. The number of para-hydroxylation sites is 1. The molecular weight excluding hydrogens is 414 g/mol. The van der Waals surface area contributed by atoms with Crippen molar-refractivity contribution in [1.29, 1.82) is 0 Å². The maximum atomic E-state index is 11.0. The molecular formula is C23H18ClN5O2. The summed E-state index contributed by atoms with van der Waals surface area (Å²) in [6.07, 6.45) is 0. The fourth-order valence-corrected chi connectivity index (χ4v) is 3.55. The van der Waals surface area contributed by atoms with Crippen molar-refractivity contribution >= 4 is 33.7 Å². The monoisotopic (exact) mass is 431 g/mol. The van der Waals surface area contributed by atoms with Gasteiger partial charge in [-0.3, -0.25) is 10.1 Å². The zero-order valence-electron chi connectivity index (χ0n) is 16.3. The first kappa shape index (κ1) is 20.3. The first-order valence-corrected chi connectivity index (χ1v) is 9.51. The third kappa shape index (κ3) is 3.79. The average Bonchev–Trinajstić information content (AvgIpc) is 3.24. The lowest BCUT2D eigenvalue weighted by Crippen LogP contribution is -3.00. The number of nitro groups is 1. The van der Waals surface area contributed by atoms with E-state index in [2.05, 4.69) is 18.2 Å². The molecule has 0 saturated heterocycles. The Morgan fingerprint density at radius 1 is 0.806 bits per heavy atom. The molecule has 8 heteroatoms. The summed E-state index contributed by atoms with van der Waals surface area (Å²) >= 11 is 0. The van der Waals surface area contributed by atoms with E-state index >= 15 is 0 Å². The number of hydrazone groups is 1. The Hall–Kier alpha value is -3.94. The average molecular weight is 432 g/mol. The van der Waals surface area contributed by atoms with E-state index in [4.69, 9.17) is 5.10 Å². The van der Waals surface area contributed by atoms with Crippen LogP contribution in [0, 0.1) is 10.1 Å². The second-order valence-electron chi connectivity index (χ2n) is 6.89. The zero-order valence-corrected chi connectivity index (χ0v) is 17.1. The van der Waals surface area contributed by atoms with Crippen LogP contribution < -0.4 is 28.1 Å². The molecule has 0 radical (unpaired) electrons. The van der Waals surface area contributed by atoms with Gasteiger partial charge in [-0.1, -0.05) is 59.7 Å². The largest absolute Gasteiger partial charge is 1.00 e. The van der Waals surface area contributed by atoms with Crippen LogP contribution in [0.25, 0.3) is 10.8 Å². The molecule has 4 aromatic rings. The molecule has 1 aliphatic rings. The van der Waals surface area contributed by atoms with E-state index in [1.165, 1.54) is 12.1 Å². The minimum atomic E-state index is -0.400. The van der Waals surface area contributed by atoms with Crippen LogP contribution in [0.3, 0.4) is 0 Å². The molecule has 2 N–H and O–H groups in total. The predicted octanol–water partition coefficient (Wildman–Crippen LogP) is 0.834. The molecule has 0 amide bonds. The number of nitrogens with two attached hydrogens (primary N) is 1. The van der Waals surface area contributed by atoms with Gasteiger partial charge in [0.2, 0.25) is 0 Å². The predicted molar refractivity (Wildman–Crippen MR) is 117 cm³/mol. The number of non-ortho nitro benzene ring substituents is 1. The summed E-state index contributed by atoms with van der Waals surface area (Å²) < 4.78 is 0. The number of rotatable bonds is 4. The van der Waals surface area contributed by atoms with E-state index in [1.807, 2.05) is 70.3 Å². The number of hydrazine groups is 1. The number of benzene rings is 4. The second-order valence-corrected chi connectivity index (χ2v) is 6.89. The lowest BCUT2D eigenvalue weighted by Gasteiger charge is -2.24. The Morgan fingerprint density at radius 2 is 1.48 bits per heavy atom. The normalized spacial score (nSPS) is 13.1. The molecule has 0 aromatic heterocycles. The Balaban J connectivity index is 0.00000231. The molecule has 0 unspecified atom stereocenters. The standard InChI is InChI=1S/C23H17N5O2.ClH/c29-28(30)20-15-13-18(14-16-20)23-24-26(19-9-2-1-3-10-19)27(25-23)22-12-6-8-17-7-4-5-11-21(17)22;/h1-16H,(H,24,25);1H. The van der Waals surface area contributed by atoms with Crippen molar-refractivity contribution in [3.8, 4) is 0 Å². The van der Waals surface area contributed by atoms with Crippen LogP contribution in [0.5, 0.6) is 0 Å². The van der Waals surface area contributed by atoms with Gasteiger partial charge in [0, 0.05) is 17.5 Å². The van der Waals surface area contributed by atoms with Crippen LogP contribution in [0.1, 0.15) is 5.56 Å². The number of anilines is 2. The molecule has 0 bridgehead atoms. The SMILES string of the molecule is O=[N+]([O-])c1ccc(C2=NN(c3cccc4ccccc34)N(c3ccccc3)[NH2+]2)cc1.[Cl-]. The quantitative estimate of drug-likeness (QED) is 0.295. The van der Waals surface area contributed by atoms with Gasteiger partial charge in [0.15, 0.2) is 0 Å². The van der Waals surface area contributed by atoms with Crippen LogP contribution >= 0.6 is 0 Å². The molecule has 7 nitrogen and oxygen atoms in total. The van der Waals surface area contributed by atoms with E-state index in [0.29, 0.717) is 0 Å². The molecule has 0 spiro atoms. The van der Waals surface area contributed by atoms with Crippen molar-refractivity contribution in [2.75, 3.05) is 10.2 Å². The highest BCUT2D eigenvalue weighted by Crippen LogP contribution is 2.30. The van der Waals surface area contributed by atoms with Crippen LogP contribution in [0.2, 0.25) is 0 Å². The van der Waals surface area contributed by atoms with E-state index in [-0.39, 0.29) is 18.1 Å². The van der Waals surface area contributed by atoms with Gasteiger partial charge in [0.1, 0.15) is 5.69 Å². The third-order valence-corrected chi connectivity index (χ3v) is 5.03. The number of nitrogens with zero attached hydrogens (tertiary/aromatic N) is 4. The minimum absolute atomic E-state index is 0. The fraction of sp³-hybridized carbons (Fsp3) is 0. The van der Waals surface area contributed by atoms with Crippen LogP contribution in [0.15, 0.2) is 102 Å². The molecule has 154 valence electrons. The van der Waals surface area contributed by atoms with Crippen molar-refractivity contribution in [3.63, 3.8) is 0 Å². The van der Waals surface area contributed by atoms with E-state index in [0.717, 1.165) is 33.5 Å². The summed E-state index contributed by atoms with van der Waals surface area (Å²) in [5, 5.41) is 21.9. The lowest BCUT2D eigenvalue weighted by molar-refractivity contribution is -0.545. The van der Waals surface area contributed by atoms with Crippen molar-refractivity contribution in [2.45, 2.75) is 0 Å². The summed E-state index contributed by atoms with van der Waals surface area (Å²) in [4.78, 5) is 10.6. The highest BCUT2D eigenvalue weighted by atomic mass is 35.5. The summed E-state index contributed by atoms with van der Waals surface area (Å²) in [7, 11) is 0. The molecule has 1 aliphatic heterocycles. The van der Waals surface area contributed by atoms with Gasteiger partial charge >= 0.3 is 0 Å². The highest BCUT2D eigenvalue weighted by molar-refractivity contribution is 5.98. The van der Waals surface area contributed by atoms with Gasteiger partial charge in [-0.25, -0.2) is 0 Å². The zero-order chi connectivity index (χ0) is 20.5. The lowest BCUT2D eigenvalue weighted by atomic mass is 10.1. The molecule has 31 heavy (non-hydrogen) atoms. The van der Waals surface area contributed by atoms with Gasteiger partial charge in [-0.15, -0.1) is 10.2 Å². The van der Waals surface area contributed by atoms with Crippen molar-refractivity contribution in [3.05, 3.63) is 113 Å². The first-order chi connectivity index (χ1) is 14.7. The smallest absolute Gasteiger partial charge is 0.277 e. The Kier molecular flexibility index (Phi) is 5.53. The molecule has 5 rings (SSSR count). The summed E-state index contributed by atoms with van der Waals surface area (Å²) in [5.74, 6) is 0.724. The second kappa shape index (κ2) is 8.43.